The fourth-order valence-electron chi connectivity index (χ4n) is 1.35. The molecule has 0 unspecified atom stereocenters. The summed E-state index contributed by atoms with van der Waals surface area (Å²) in [5.41, 5.74) is 0.413. The number of nitrogens with one attached hydrogen (secondary N) is 1. The molecule has 2 rings (SSSR count). The summed E-state index contributed by atoms with van der Waals surface area (Å²) in [7, 11) is 0. The molecule has 0 saturated carbocycles. The molecule has 0 bridgehead atoms. The second-order valence-electron chi connectivity index (χ2n) is 3.13. The summed E-state index contributed by atoms with van der Waals surface area (Å²) in [5, 5.41) is 17.5. The molecule has 1 aromatic heterocycles. The third kappa shape index (κ3) is 1.45. The highest BCUT2D eigenvalue weighted by atomic mass is 16.6. The first kappa shape index (κ1) is 9.32. The maximum atomic E-state index is 11.5. The summed E-state index contributed by atoms with van der Waals surface area (Å²) in [4.78, 5) is 21.5. The summed E-state index contributed by atoms with van der Waals surface area (Å²) in [6.45, 7) is 1.71. The molecule has 0 radical (unpaired) electrons. The van der Waals surface area contributed by atoms with Crippen molar-refractivity contribution in [2.45, 2.75) is 6.92 Å². The third-order valence-electron chi connectivity index (χ3n) is 2.14. The maximum Gasteiger partial charge on any atom is 0.270 e. The van der Waals surface area contributed by atoms with Crippen LogP contribution in [0.3, 0.4) is 0 Å². The van der Waals surface area contributed by atoms with Gasteiger partial charge < -0.3 is 0 Å². The molecule has 1 heterocycles. The van der Waals surface area contributed by atoms with Crippen LogP contribution in [-0.2, 0) is 0 Å². The van der Waals surface area contributed by atoms with E-state index in [1.54, 1.807) is 6.92 Å². The highest BCUT2D eigenvalue weighted by molar-refractivity contribution is 5.81. The zero-order valence-corrected chi connectivity index (χ0v) is 7.85. The zero-order valence-electron chi connectivity index (χ0n) is 7.85. The normalized spacial score (nSPS) is 10.5. The van der Waals surface area contributed by atoms with Crippen LogP contribution >= 0.6 is 0 Å². The molecule has 0 amide bonds. The van der Waals surface area contributed by atoms with Gasteiger partial charge in [0.1, 0.15) is 5.52 Å². The lowest BCUT2D eigenvalue weighted by Gasteiger charge is -1.85. The largest absolute Gasteiger partial charge is 0.287 e. The third-order valence-corrected chi connectivity index (χ3v) is 2.14. The van der Waals surface area contributed by atoms with Gasteiger partial charge in [0.15, 0.2) is 0 Å². The first-order valence-corrected chi connectivity index (χ1v) is 4.23. The van der Waals surface area contributed by atoms with E-state index in [0.717, 1.165) is 6.07 Å². The van der Waals surface area contributed by atoms with E-state index in [0.29, 0.717) is 11.1 Å². The molecule has 6 nitrogen and oxygen atoms in total. The predicted octanol–water partition coefficient (Wildman–Crippen LogP) is 1.14. The van der Waals surface area contributed by atoms with E-state index in [1.165, 1.54) is 12.1 Å². The van der Waals surface area contributed by atoms with Crippen molar-refractivity contribution in [3.8, 4) is 0 Å². The molecule has 0 fully saturated rings. The Morgan fingerprint density at radius 3 is 2.87 bits per heavy atom. The van der Waals surface area contributed by atoms with E-state index >= 15 is 0 Å². The molecule has 0 aliphatic heterocycles. The lowest BCUT2D eigenvalue weighted by Crippen LogP contribution is -1.94. The van der Waals surface area contributed by atoms with E-state index in [9.17, 15) is 14.9 Å². The monoisotopic (exact) mass is 205 g/mol. The van der Waals surface area contributed by atoms with Crippen LogP contribution in [0.4, 0.5) is 5.69 Å². The molecule has 15 heavy (non-hydrogen) atoms. The van der Waals surface area contributed by atoms with Gasteiger partial charge in [0.2, 0.25) is 5.43 Å². The molecule has 6 heteroatoms. The van der Waals surface area contributed by atoms with Gasteiger partial charge in [-0.05, 0) is 13.0 Å². The summed E-state index contributed by atoms with van der Waals surface area (Å²) < 4.78 is 0. The SMILES string of the molecule is Cc1[nH]nc2c(=O)ccc([N+](=O)[O-])cc12. The molecule has 76 valence electrons. The Balaban J connectivity index is 2.95. The highest BCUT2D eigenvalue weighted by Crippen LogP contribution is 2.16. The number of aromatic nitrogens is 2. The molecule has 1 aromatic carbocycles. The van der Waals surface area contributed by atoms with Crippen LogP contribution in [0, 0.1) is 17.0 Å². The second-order valence-corrected chi connectivity index (χ2v) is 3.13. The van der Waals surface area contributed by atoms with E-state index < -0.39 is 4.92 Å². The molecule has 0 spiro atoms. The van der Waals surface area contributed by atoms with Gasteiger partial charge in [-0.15, -0.1) is 0 Å². The average molecular weight is 205 g/mol. The van der Waals surface area contributed by atoms with Crippen molar-refractivity contribution in [2.75, 3.05) is 0 Å². The van der Waals surface area contributed by atoms with Crippen molar-refractivity contribution in [1.29, 1.82) is 0 Å². The summed E-state index contributed by atoms with van der Waals surface area (Å²) >= 11 is 0. The minimum atomic E-state index is -0.536. The first-order chi connectivity index (χ1) is 7.09. The fourth-order valence-corrected chi connectivity index (χ4v) is 1.35. The molecular weight excluding hydrogens is 198 g/mol. The predicted molar refractivity (Wildman–Crippen MR) is 53.8 cm³/mol. The van der Waals surface area contributed by atoms with Gasteiger partial charge in [0.25, 0.3) is 5.69 Å². The number of nitro groups is 1. The number of rotatable bonds is 1. The van der Waals surface area contributed by atoms with Gasteiger partial charge in [0, 0.05) is 23.2 Å². The maximum absolute atomic E-state index is 11.5. The minimum Gasteiger partial charge on any atom is -0.287 e. The van der Waals surface area contributed by atoms with Crippen molar-refractivity contribution in [1.82, 2.24) is 10.2 Å². The molecule has 1 N–H and O–H groups in total. The molecule has 0 aliphatic carbocycles. The van der Waals surface area contributed by atoms with Crippen LogP contribution in [0.15, 0.2) is 23.0 Å². The summed E-state index contributed by atoms with van der Waals surface area (Å²) in [5.74, 6) is 0. The van der Waals surface area contributed by atoms with Crippen molar-refractivity contribution in [3.05, 3.63) is 44.2 Å². The smallest absolute Gasteiger partial charge is 0.270 e. The van der Waals surface area contributed by atoms with E-state index in [4.69, 9.17) is 0 Å². The van der Waals surface area contributed by atoms with Gasteiger partial charge in [-0.2, -0.15) is 5.10 Å². The van der Waals surface area contributed by atoms with Gasteiger partial charge in [-0.3, -0.25) is 20.0 Å². The van der Waals surface area contributed by atoms with E-state index in [1.807, 2.05) is 0 Å². The Labute approximate surface area is 83.7 Å². The van der Waals surface area contributed by atoms with Crippen molar-refractivity contribution in [2.24, 2.45) is 0 Å². The Hall–Kier alpha value is -2.24. The van der Waals surface area contributed by atoms with Crippen molar-refractivity contribution in [3.63, 3.8) is 0 Å². The molecule has 0 aliphatic rings. The van der Waals surface area contributed by atoms with Crippen LogP contribution in [0.2, 0.25) is 0 Å². The number of aromatic amines is 1. The van der Waals surface area contributed by atoms with E-state index in [-0.39, 0.29) is 16.6 Å². The molecular formula is C9H7N3O3. The quantitative estimate of drug-likeness (QED) is 0.558. The number of H-pyrrole nitrogens is 1. The second kappa shape index (κ2) is 3.16. The molecule has 2 aromatic rings. The van der Waals surface area contributed by atoms with Crippen molar-refractivity contribution >= 4 is 16.6 Å². The number of hydrogen-bond acceptors (Lipinski definition) is 4. The molecule has 0 atom stereocenters. The van der Waals surface area contributed by atoms with E-state index in [2.05, 4.69) is 10.2 Å². The number of nitrogens with zero attached hydrogens (tertiary/aromatic N) is 2. The van der Waals surface area contributed by atoms with Gasteiger partial charge in [0.05, 0.1) is 4.92 Å². The molecule has 0 saturated heterocycles. The topological polar surface area (TPSA) is 88.9 Å². The highest BCUT2D eigenvalue weighted by Gasteiger charge is 2.09. The Morgan fingerprint density at radius 1 is 1.47 bits per heavy atom. The minimum absolute atomic E-state index is 0.119. The Morgan fingerprint density at radius 2 is 2.20 bits per heavy atom. The number of aryl methyl sites for hydroxylation is 1. The van der Waals surface area contributed by atoms with Crippen LogP contribution in [0.1, 0.15) is 5.69 Å². The lowest BCUT2D eigenvalue weighted by atomic mass is 10.2. The lowest BCUT2D eigenvalue weighted by molar-refractivity contribution is -0.384. The standard InChI is InChI=1S/C9H7N3O3/c1-5-7-4-6(12(14)15)2-3-8(13)9(7)11-10-5/h2-4H,1H3,(H,10,11). The first-order valence-electron chi connectivity index (χ1n) is 4.23. The summed E-state index contributed by atoms with van der Waals surface area (Å²) in [6.07, 6.45) is 0. The van der Waals surface area contributed by atoms with Gasteiger partial charge in [-0.25, -0.2) is 0 Å². The van der Waals surface area contributed by atoms with Gasteiger partial charge in [-0.1, -0.05) is 0 Å². The Kier molecular flexibility index (Phi) is 1.96. The Bertz CT molecular complexity index is 603. The van der Waals surface area contributed by atoms with Crippen LogP contribution in [0.5, 0.6) is 0 Å². The fraction of sp³-hybridized carbons (Fsp3) is 0.111. The average Bonchev–Trinajstić information content (AvgIpc) is 2.43. The number of fused-ring (bicyclic) bond motifs is 1. The summed E-state index contributed by atoms with van der Waals surface area (Å²) in [6, 6.07) is 3.68. The van der Waals surface area contributed by atoms with Crippen LogP contribution in [-0.4, -0.2) is 15.1 Å². The van der Waals surface area contributed by atoms with Gasteiger partial charge >= 0.3 is 0 Å². The van der Waals surface area contributed by atoms with Crippen molar-refractivity contribution < 1.29 is 4.92 Å². The van der Waals surface area contributed by atoms with Crippen LogP contribution in [0.25, 0.3) is 10.9 Å². The number of hydrogen-bond donors (Lipinski definition) is 1. The van der Waals surface area contributed by atoms with Crippen LogP contribution < -0.4 is 5.43 Å². The zero-order chi connectivity index (χ0) is 11.0.